The lowest BCUT2D eigenvalue weighted by Gasteiger charge is -2.17. The first-order valence-corrected chi connectivity index (χ1v) is 6.02. The van der Waals surface area contributed by atoms with Crippen molar-refractivity contribution in [2.24, 2.45) is 5.41 Å². The number of carbonyl (C=O) groups excluding carboxylic acids is 1. The highest BCUT2D eigenvalue weighted by molar-refractivity contribution is 6.04. The van der Waals surface area contributed by atoms with Crippen LogP contribution in [-0.4, -0.2) is 15.2 Å². The molecule has 0 aliphatic carbocycles. The summed E-state index contributed by atoms with van der Waals surface area (Å²) in [5, 5.41) is 0. The number of nitrogen functional groups attached to an aromatic ring is 1. The summed E-state index contributed by atoms with van der Waals surface area (Å²) in [5.41, 5.74) is 8.70. The van der Waals surface area contributed by atoms with Gasteiger partial charge in [-0.15, -0.1) is 0 Å². The Hall–Kier alpha value is -1.84. The SMILES string of the molecule is Cc1nc2c(C(=O)C(C)(C)C)ccc(N)n2c1C. The van der Waals surface area contributed by atoms with Crippen molar-refractivity contribution in [3.8, 4) is 0 Å². The molecule has 0 aromatic carbocycles. The monoisotopic (exact) mass is 245 g/mol. The minimum atomic E-state index is -0.426. The lowest BCUT2D eigenvalue weighted by Crippen LogP contribution is -2.21. The Bertz CT molecular complexity index is 633. The number of hydrogen-bond donors (Lipinski definition) is 1. The van der Waals surface area contributed by atoms with E-state index >= 15 is 0 Å². The number of Topliss-reactive ketones (excluding diaryl/α,β-unsaturated/α-hetero) is 1. The molecule has 0 spiro atoms. The number of pyridine rings is 1. The minimum absolute atomic E-state index is 0.0810. The molecule has 0 bridgehead atoms. The van der Waals surface area contributed by atoms with E-state index < -0.39 is 5.41 Å². The third-order valence-corrected chi connectivity index (χ3v) is 3.19. The second kappa shape index (κ2) is 3.83. The molecule has 96 valence electrons. The lowest BCUT2D eigenvalue weighted by molar-refractivity contribution is 0.0859. The van der Waals surface area contributed by atoms with Crippen LogP contribution in [0.15, 0.2) is 12.1 Å². The van der Waals surface area contributed by atoms with Gasteiger partial charge in [0.05, 0.1) is 11.3 Å². The number of aromatic nitrogens is 2. The summed E-state index contributed by atoms with van der Waals surface area (Å²) >= 11 is 0. The first kappa shape index (κ1) is 12.6. The third-order valence-electron chi connectivity index (χ3n) is 3.19. The molecule has 2 rings (SSSR count). The summed E-state index contributed by atoms with van der Waals surface area (Å²) in [6.07, 6.45) is 0. The Morgan fingerprint density at radius 3 is 2.44 bits per heavy atom. The van der Waals surface area contributed by atoms with Crippen molar-refractivity contribution in [2.45, 2.75) is 34.6 Å². The predicted molar refractivity (Wildman–Crippen MR) is 72.9 cm³/mol. The van der Waals surface area contributed by atoms with E-state index in [1.54, 1.807) is 12.1 Å². The average Bonchev–Trinajstić information content (AvgIpc) is 2.55. The second-order valence-corrected chi connectivity index (χ2v) is 5.69. The molecule has 2 aromatic rings. The van der Waals surface area contributed by atoms with Crippen LogP contribution >= 0.6 is 0 Å². The van der Waals surface area contributed by atoms with Gasteiger partial charge in [-0.3, -0.25) is 9.20 Å². The average molecular weight is 245 g/mol. The Morgan fingerprint density at radius 1 is 1.28 bits per heavy atom. The zero-order valence-electron chi connectivity index (χ0n) is 11.5. The van der Waals surface area contributed by atoms with Crippen molar-refractivity contribution in [3.05, 3.63) is 29.1 Å². The molecular formula is C14H19N3O. The highest BCUT2D eigenvalue weighted by atomic mass is 16.1. The maximum Gasteiger partial charge on any atom is 0.171 e. The van der Waals surface area contributed by atoms with Crippen LogP contribution < -0.4 is 5.73 Å². The van der Waals surface area contributed by atoms with Crippen molar-refractivity contribution in [1.29, 1.82) is 0 Å². The zero-order valence-corrected chi connectivity index (χ0v) is 11.5. The fourth-order valence-electron chi connectivity index (χ4n) is 2.01. The highest BCUT2D eigenvalue weighted by Gasteiger charge is 2.26. The molecule has 0 saturated heterocycles. The van der Waals surface area contributed by atoms with Crippen molar-refractivity contribution in [2.75, 3.05) is 5.73 Å². The maximum atomic E-state index is 12.4. The van der Waals surface area contributed by atoms with Crippen LogP contribution in [0.3, 0.4) is 0 Å². The van der Waals surface area contributed by atoms with Gasteiger partial charge >= 0.3 is 0 Å². The van der Waals surface area contributed by atoms with Gasteiger partial charge in [0.2, 0.25) is 0 Å². The largest absolute Gasteiger partial charge is 0.385 e. The number of ketones is 1. The maximum absolute atomic E-state index is 12.4. The number of hydrogen-bond acceptors (Lipinski definition) is 3. The van der Waals surface area contributed by atoms with Crippen LogP contribution in [0.25, 0.3) is 5.65 Å². The van der Waals surface area contributed by atoms with Crippen LogP contribution in [0, 0.1) is 19.3 Å². The van der Waals surface area contributed by atoms with Gasteiger partial charge in [0.1, 0.15) is 11.5 Å². The van der Waals surface area contributed by atoms with E-state index in [0.717, 1.165) is 11.4 Å². The van der Waals surface area contributed by atoms with Gasteiger partial charge < -0.3 is 5.73 Å². The molecule has 0 aliphatic heterocycles. The first-order chi connectivity index (χ1) is 8.23. The summed E-state index contributed by atoms with van der Waals surface area (Å²) in [6.45, 7) is 9.60. The number of nitrogens with zero attached hydrogens (tertiary/aromatic N) is 2. The minimum Gasteiger partial charge on any atom is -0.385 e. The fraction of sp³-hybridized carbons (Fsp3) is 0.429. The Labute approximate surface area is 107 Å². The van der Waals surface area contributed by atoms with E-state index in [1.165, 1.54) is 0 Å². The summed E-state index contributed by atoms with van der Waals surface area (Å²) in [5.74, 6) is 0.686. The standard InChI is InChI=1S/C14H19N3O/c1-8-9(2)17-11(15)7-6-10(13(17)16-8)12(18)14(3,4)5/h6-7H,15H2,1-5H3. The van der Waals surface area contributed by atoms with Crippen molar-refractivity contribution >= 4 is 17.2 Å². The van der Waals surface area contributed by atoms with Crippen molar-refractivity contribution in [1.82, 2.24) is 9.38 Å². The molecule has 4 nitrogen and oxygen atoms in total. The van der Waals surface area contributed by atoms with Gasteiger partial charge in [0.25, 0.3) is 0 Å². The number of fused-ring (bicyclic) bond motifs is 1. The molecule has 2 heterocycles. The van der Waals surface area contributed by atoms with Crippen LogP contribution in [0.5, 0.6) is 0 Å². The van der Waals surface area contributed by atoms with E-state index in [2.05, 4.69) is 4.98 Å². The molecule has 0 amide bonds. The van der Waals surface area contributed by atoms with E-state index in [-0.39, 0.29) is 5.78 Å². The smallest absolute Gasteiger partial charge is 0.171 e. The number of nitrogens with two attached hydrogens (primary N) is 1. The van der Waals surface area contributed by atoms with Crippen molar-refractivity contribution in [3.63, 3.8) is 0 Å². The van der Waals surface area contributed by atoms with Gasteiger partial charge in [0, 0.05) is 11.1 Å². The van der Waals surface area contributed by atoms with Crippen LogP contribution in [0.1, 0.15) is 42.5 Å². The molecule has 0 radical (unpaired) electrons. The highest BCUT2D eigenvalue weighted by Crippen LogP contribution is 2.26. The predicted octanol–water partition coefficient (Wildman–Crippen LogP) is 2.76. The fourth-order valence-corrected chi connectivity index (χ4v) is 2.01. The number of anilines is 1. The lowest BCUT2D eigenvalue weighted by atomic mass is 9.87. The summed E-state index contributed by atoms with van der Waals surface area (Å²) in [7, 11) is 0. The van der Waals surface area contributed by atoms with Crippen LogP contribution in [0.4, 0.5) is 5.82 Å². The first-order valence-electron chi connectivity index (χ1n) is 6.02. The van der Waals surface area contributed by atoms with Crippen molar-refractivity contribution < 1.29 is 4.79 Å². The second-order valence-electron chi connectivity index (χ2n) is 5.69. The van der Waals surface area contributed by atoms with Gasteiger partial charge in [-0.25, -0.2) is 4.98 Å². The Morgan fingerprint density at radius 2 is 1.89 bits per heavy atom. The molecular weight excluding hydrogens is 226 g/mol. The molecule has 0 atom stereocenters. The van der Waals surface area contributed by atoms with E-state index in [0.29, 0.717) is 17.0 Å². The molecule has 18 heavy (non-hydrogen) atoms. The van der Waals surface area contributed by atoms with Gasteiger partial charge in [0.15, 0.2) is 5.78 Å². The number of rotatable bonds is 1. The number of imidazole rings is 1. The normalized spacial score (nSPS) is 12.1. The number of carbonyl (C=O) groups is 1. The van der Waals surface area contributed by atoms with E-state index in [9.17, 15) is 4.79 Å². The molecule has 0 unspecified atom stereocenters. The van der Waals surface area contributed by atoms with Crippen LogP contribution in [-0.2, 0) is 0 Å². The molecule has 0 saturated carbocycles. The summed E-state index contributed by atoms with van der Waals surface area (Å²) in [4.78, 5) is 16.9. The van der Waals surface area contributed by atoms with Gasteiger partial charge in [-0.1, -0.05) is 20.8 Å². The van der Waals surface area contributed by atoms with Crippen LogP contribution in [0.2, 0.25) is 0 Å². The summed E-state index contributed by atoms with van der Waals surface area (Å²) < 4.78 is 1.84. The number of aryl methyl sites for hydroxylation is 2. The van der Waals surface area contributed by atoms with E-state index in [1.807, 2.05) is 39.0 Å². The quantitative estimate of drug-likeness (QED) is 0.786. The van der Waals surface area contributed by atoms with Gasteiger partial charge in [-0.2, -0.15) is 0 Å². The molecule has 2 N–H and O–H groups in total. The van der Waals surface area contributed by atoms with E-state index in [4.69, 9.17) is 5.73 Å². The molecule has 0 aliphatic rings. The zero-order chi connectivity index (χ0) is 13.7. The Balaban J connectivity index is 2.79. The third kappa shape index (κ3) is 1.78. The Kier molecular flexibility index (Phi) is 2.69. The molecule has 4 heteroatoms. The van der Waals surface area contributed by atoms with Gasteiger partial charge in [-0.05, 0) is 26.0 Å². The molecule has 2 aromatic heterocycles. The topological polar surface area (TPSA) is 60.4 Å². The summed E-state index contributed by atoms with van der Waals surface area (Å²) in [6, 6.07) is 3.53. The molecule has 0 fully saturated rings.